The summed E-state index contributed by atoms with van der Waals surface area (Å²) in [6.07, 6.45) is 7.19. The number of unbranched alkanes of at least 4 members (excludes halogenated alkanes) is 2. The van der Waals surface area contributed by atoms with Crippen LogP contribution in [0.5, 0.6) is 0 Å². The Balaban J connectivity index is 1.68. The van der Waals surface area contributed by atoms with Gasteiger partial charge in [0.1, 0.15) is 0 Å². The summed E-state index contributed by atoms with van der Waals surface area (Å²) in [7, 11) is 0. The molecule has 2 aromatic carbocycles. The number of nitrogens with zero attached hydrogens (tertiary/aromatic N) is 3. The monoisotopic (exact) mass is 514 g/mol. The number of hydrazine groups is 1. The Morgan fingerprint density at radius 3 is 2.46 bits per heavy atom. The van der Waals surface area contributed by atoms with E-state index in [0.717, 1.165) is 68.4 Å². The molecule has 0 aliphatic carbocycles. The van der Waals surface area contributed by atoms with E-state index in [2.05, 4.69) is 29.7 Å². The van der Waals surface area contributed by atoms with E-state index in [-0.39, 0.29) is 12.5 Å². The minimum Gasteiger partial charge on any atom is -0.396 e. The standard InChI is InChI=1S/C27H32Cl2N4O2/c1-19-25(27(35)31-32-15-5-3-6-16-32)30-33(24-14-13-22(28)18-23(24)29)26(19)21-11-9-20(10-12-21)8-4-2-7-17-34/h9-14,18,34H,2-8,15-17H2,1H3,(H,31,35). The zero-order chi connectivity index (χ0) is 24.8. The molecule has 1 amide bonds. The first-order valence-corrected chi connectivity index (χ1v) is 13.0. The average molecular weight is 515 g/mol. The van der Waals surface area contributed by atoms with E-state index in [9.17, 15) is 4.79 Å². The van der Waals surface area contributed by atoms with Crippen molar-refractivity contribution in [1.29, 1.82) is 0 Å². The number of carbonyl (C=O) groups is 1. The Hall–Kier alpha value is -2.38. The number of hydrogen-bond donors (Lipinski definition) is 2. The van der Waals surface area contributed by atoms with E-state index in [4.69, 9.17) is 33.4 Å². The molecule has 0 atom stereocenters. The van der Waals surface area contributed by atoms with Gasteiger partial charge in [0.15, 0.2) is 5.69 Å². The minimum atomic E-state index is -0.213. The summed E-state index contributed by atoms with van der Waals surface area (Å²) in [6, 6.07) is 13.6. The molecule has 6 nitrogen and oxygen atoms in total. The van der Waals surface area contributed by atoms with Gasteiger partial charge in [-0.25, -0.2) is 9.69 Å². The molecule has 8 heteroatoms. The number of aliphatic hydroxyl groups is 1. The molecule has 0 unspecified atom stereocenters. The fourth-order valence-corrected chi connectivity index (χ4v) is 5.02. The van der Waals surface area contributed by atoms with Crippen LogP contribution in [0.25, 0.3) is 16.9 Å². The van der Waals surface area contributed by atoms with Gasteiger partial charge in [0, 0.05) is 35.8 Å². The second-order valence-corrected chi connectivity index (χ2v) is 9.89. The molecule has 4 rings (SSSR count). The molecule has 1 saturated heterocycles. The molecule has 0 spiro atoms. The largest absolute Gasteiger partial charge is 0.396 e. The number of aromatic nitrogens is 2. The van der Waals surface area contributed by atoms with Gasteiger partial charge in [-0.3, -0.25) is 10.2 Å². The molecular formula is C27H32Cl2N4O2. The maximum absolute atomic E-state index is 13.2. The van der Waals surface area contributed by atoms with Crippen molar-refractivity contribution in [2.24, 2.45) is 0 Å². The predicted molar refractivity (Wildman–Crippen MR) is 141 cm³/mol. The molecule has 2 heterocycles. The van der Waals surface area contributed by atoms with Crippen LogP contribution in [0.3, 0.4) is 0 Å². The Morgan fingerprint density at radius 2 is 1.77 bits per heavy atom. The van der Waals surface area contributed by atoms with Crippen LogP contribution in [0.2, 0.25) is 10.0 Å². The van der Waals surface area contributed by atoms with Gasteiger partial charge in [0.25, 0.3) is 5.91 Å². The number of benzene rings is 2. The maximum atomic E-state index is 13.2. The van der Waals surface area contributed by atoms with Crippen LogP contribution in [-0.2, 0) is 6.42 Å². The number of nitrogens with one attached hydrogen (secondary N) is 1. The van der Waals surface area contributed by atoms with Crippen LogP contribution >= 0.6 is 23.2 Å². The maximum Gasteiger partial charge on any atom is 0.286 e. The molecule has 1 aliphatic heterocycles. The first-order chi connectivity index (χ1) is 17.0. The first kappa shape index (κ1) is 25.7. The summed E-state index contributed by atoms with van der Waals surface area (Å²) in [5, 5.41) is 16.7. The number of halogens is 2. The number of aryl methyl sites for hydroxylation is 1. The number of amides is 1. The van der Waals surface area contributed by atoms with E-state index in [1.807, 2.05) is 18.0 Å². The molecule has 186 valence electrons. The normalized spacial score (nSPS) is 14.3. The van der Waals surface area contributed by atoms with Gasteiger partial charge in [-0.1, -0.05) is 60.3 Å². The number of aliphatic hydroxyl groups excluding tert-OH is 1. The van der Waals surface area contributed by atoms with Crippen LogP contribution in [0.4, 0.5) is 0 Å². The van der Waals surface area contributed by atoms with Gasteiger partial charge in [-0.05, 0) is 62.8 Å². The smallest absolute Gasteiger partial charge is 0.286 e. The summed E-state index contributed by atoms with van der Waals surface area (Å²) >= 11 is 12.7. The average Bonchev–Trinajstić information content (AvgIpc) is 3.19. The third-order valence-corrected chi connectivity index (χ3v) is 6.98. The Kier molecular flexibility index (Phi) is 8.84. The Morgan fingerprint density at radius 1 is 1.03 bits per heavy atom. The molecule has 3 aromatic rings. The highest BCUT2D eigenvalue weighted by Crippen LogP contribution is 2.33. The van der Waals surface area contributed by atoms with Gasteiger partial charge in [-0.2, -0.15) is 5.10 Å². The van der Waals surface area contributed by atoms with Crippen molar-refractivity contribution >= 4 is 29.1 Å². The fourth-order valence-electron chi connectivity index (χ4n) is 4.53. The topological polar surface area (TPSA) is 70.4 Å². The number of rotatable bonds is 9. The molecule has 1 aromatic heterocycles. The van der Waals surface area contributed by atoms with Crippen molar-refractivity contribution in [3.05, 3.63) is 69.3 Å². The highest BCUT2D eigenvalue weighted by atomic mass is 35.5. The Bertz CT molecular complexity index is 1150. The number of hydrogen-bond acceptors (Lipinski definition) is 4. The lowest BCUT2D eigenvalue weighted by Gasteiger charge is -2.26. The zero-order valence-corrected chi connectivity index (χ0v) is 21.6. The molecule has 35 heavy (non-hydrogen) atoms. The van der Waals surface area contributed by atoms with E-state index in [0.29, 0.717) is 21.4 Å². The second-order valence-electron chi connectivity index (χ2n) is 9.05. The van der Waals surface area contributed by atoms with Crippen LogP contribution in [-0.4, -0.2) is 45.5 Å². The number of piperidine rings is 1. The summed E-state index contributed by atoms with van der Waals surface area (Å²) in [5.41, 5.74) is 7.89. The van der Waals surface area contributed by atoms with E-state index < -0.39 is 0 Å². The van der Waals surface area contributed by atoms with Crippen molar-refractivity contribution in [3.8, 4) is 16.9 Å². The molecule has 2 N–H and O–H groups in total. The lowest BCUT2D eigenvalue weighted by Crippen LogP contribution is -2.45. The van der Waals surface area contributed by atoms with E-state index >= 15 is 0 Å². The highest BCUT2D eigenvalue weighted by Gasteiger charge is 2.25. The van der Waals surface area contributed by atoms with Crippen LogP contribution in [0.1, 0.15) is 60.1 Å². The van der Waals surface area contributed by atoms with Crippen molar-refractivity contribution in [2.45, 2.75) is 51.9 Å². The molecule has 0 saturated carbocycles. The summed E-state index contributed by atoms with van der Waals surface area (Å²) in [6.45, 7) is 3.86. The van der Waals surface area contributed by atoms with Crippen molar-refractivity contribution in [1.82, 2.24) is 20.2 Å². The molecular weight excluding hydrogens is 483 g/mol. The van der Waals surface area contributed by atoms with Crippen molar-refractivity contribution in [3.63, 3.8) is 0 Å². The summed E-state index contributed by atoms with van der Waals surface area (Å²) in [5.74, 6) is -0.213. The third-order valence-electron chi connectivity index (χ3n) is 6.44. The van der Waals surface area contributed by atoms with Gasteiger partial charge >= 0.3 is 0 Å². The Labute approximate surface area is 216 Å². The molecule has 0 bridgehead atoms. The van der Waals surface area contributed by atoms with Gasteiger partial charge in [-0.15, -0.1) is 0 Å². The third kappa shape index (κ3) is 6.25. The zero-order valence-electron chi connectivity index (χ0n) is 20.1. The van der Waals surface area contributed by atoms with Crippen molar-refractivity contribution < 1.29 is 9.90 Å². The molecule has 1 aliphatic rings. The van der Waals surface area contributed by atoms with Gasteiger partial charge in [0.05, 0.1) is 16.4 Å². The predicted octanol–water partition coefficient (Wildman–Crippen LogP) is 5.99. The lowest BCUT2D eigenvalue weighted by atomic mass is 10.0. The van der Waals surface area contributed by atoms with E-state index in [1.165, 1.54) is 12.0 Å². The minimum absolute atomic E-state index is 0.213. The fraction of sp³-hybridized carbons (Fsp3) is 0.407. The number of carbonyl (C=O) groups excluding carboxylic acids is 1. The lowest BCUT2D eigenvalue weighted by molar-refractivity contribution is 0.0743. The van der Waals surface area contributed by atoms with E-state index in [1.54, 1.807) is 16.8 Å². The first-order valence-electron chi connectivity index (χ1n) is 12.3. The van der Waals surface area contributed by atoms with Crippen LogP contribution < -0.4 is 5.43 Å². The highest BCUT2D eigenvalue weighted by molar-refractivity contribution is 6.35. The summed E-state index contributed by atoms with van der Waals surface area (Å²) < 4.78 is 1.75. The van der Waals surface area contributed by atoms with Gasteiger partial charge in [0.2, 0.25) is 0 Å². The quantitative estimate of drug-likeness (QED) is 0.344. The van der Waals surface area contributed by atoms with Gasteiger partial charge < -0.3 is 5.11 Å². The van der Waals surface area contributed by atoms with Crippen LogP contribution in [0, 0.1) is 6.92 Å². The summed E-state index contributed by atoms with van der Waals surface area (Å²) in [4.78, 5) is 13.2. The SMILES string of the molecule is Cc1c(C(=O)NN2CCCCC2)nn(-c2ccc(Cl)cc2Cl)c1-c1ccc(CCCCCO)cc1. The van der Waals surface area contributed by atoms with Crippen LogP contribution in [0.15, 0.2) is 42.5 Å². The molecule has 0 radical (unpaired) electrons. The second kappa shape index (κ2) is 12.0. The molecule has 1 fully saturated rings. The van der Waals surface area contributed by atoms with Crippen molar-refractivity contribution in [2.75, 3.05) is 19.7 Å².